The van der Waals surface area contributed by atoms with E-state index in [0.717, 1.165) is 11.1 Å². The van der Waals surface area contributed by atoms with Gasteiger partial charge in [-0.2, -0.15) is 10.2 Å². The van der Waals surface area contributed by atoms with Crippen molar-refractivity contribution in [2.45, 2.75) is 31.7 Å². The average molecular weight is 356 g/mol. The minimum absolute atomic E-state index is 0.101. The standard InChI is InChI=1S/C18H21BN2O5/c1-18(2)10-24-16-13(4-5-15(23-3)17(16)26-18)14-6-11(8-20-21-14)12-7-19(22)25-9-12/h4-6,8,12,22H,7,9-10H2,1-3H3. The van der Waals surface area contributed by atoms with Crippen molar-refractivity contribution in [1.82, 2.24) is 10.2 Å². The fourth-order valence-electron chi connectivity index (χ4n) is 3.27. The molecule has 0 spiro atoms. The van der Waals surface area contributed by atoms with Crippen LogP contribution < -0.4 is 14.2 Å². The Morgan fingerprint density at radius 2 is 2.15 bits per heavy atom. The van der Waals surface area contributed by atoms with Crippen molar-refractivity contribution in [3.8, 4) is 28.5 Å². The zero-order valence-corrected chi connectivity index (χ0v) is 15.1. The SMILES string of the molecule is COc1ccc(-c2cc(C3COB(O)C3)cnn2)c2c1OC(C)(C)CO2. The molecule has 1 saturated heterocycles. The highest BCUT2D eigenvalue weighted by atomic mass is 16.6. The van der Waals surface area contributed by atoms with Crippen molar-refractivity contribution in [2.24, 2.45) is 0 Å². The number of benzene rings is 1. The molecule has 2 aromatic rings. The second-order valence-corrected chi connectivity index (χ2v) is 7.22. The van der Waals surface area contributed by atoms with Crippen LogP contribution in [-0.4, -0.2) is 48.3 Å². The molecule has 2 aliphatic rings. The topological polar surface area (TPSA) is 82.9 Å². The Balaban J connectivity index is 1.75. The largest absolute Gasteiger partial charge is 0.493 e. The van der Waals surface area contributed by atoms with Crippen molar-refractivity contribution in [2.75, 3.05) is 20.3 Å². The lowest BCUT2D eigenvalue weighted by Crippen LogP contribution is -2.39. The van der Waals surface area contributed by atoms with Crippen LogP contribution in [0.25, 0.3) is 11.3 Å². The van der Waals surface area contributed by atoms with Crippen molar-refractivity contribution < 1.29 is 23.9 Å². The van der Waals surface area contributed by atoms with Gasteiger partial charge < -0.3 is 23.9 Å². The first-order valence-corrected chi connectivity index (χ1v) is 8.62. The summed E-state index contributed by atoms with van der Waals surface area (Å²) in [5.74, 6) is 1.91. The molecular formula is C18H21BN2O5. The van der Waals surface area contributed by atoms with Gasteiger partial charge in [0.25, 0.3) is 0 Å². The molecule has 1 aromatic carbocycles. The first-order valence-electron chi connectivity index (χ1n) is 8.62. The number of hydrogen-bond donors (Lipinski definition) is 1. The van der Waals surface area contributed by atoms with Gasteiger partial charge in [-0.05, 0) is 43.9 Å². The molecule has 0 radical (unpaired) electrons. The lowest BCUT2D eigenvalue weighted by atomic mass is 9.80. The van der Waals surface area contributed by atoms with Gasteiger partial charge in [0, 0.05) is 18.1 Å². The van der Waals surface area contributed by atoms with Crippen molar-refractivity contribution in [1.29, 1.82) is 0 Å². The molecule has 1 aromatic heterocycles. The van der Waals surface area contributed by atoms with E-state index < -0.39 is 12.7 Å². The Morgan fingerprint density at radius 1 is 1.31 bits per heavy atom. The number of methoxy groups -OCH3 is 1. The number of rotatable bonds is 3. The summed E-state index contributed by atoms with van der Waals surface area (Å²) in [5.41, 5.74) is 2.02. The first-order chi connectivity index (χ1) is 12.5. The van der Waals surface area contributed by atoms with E-state index in [4.69, 9.17) is 18.9 Å². The maximum atomic E-state index is 9.60. The molecule has 4 rings (SSSR count). The molecule has 8 heteroatoms. The third kappa shape index (κ3) is 3.10. The Hall–Kier alpha value is -2.32. The summed E-state index contributed by atoms with van der Waals surface area (Å²) in [6.45, 7) is 4.83. The van der Waals surface area contributed by atoms with Crippen LogP contribution in [0.1, 0.15) is 25.3 Å². The number of fused-ring (bicyclic) bond motifs is 1. The van der Waals surface area contributed by atoms with Crippen molar-refractivity contribution in [3.05, 3.63) is 30.0 Å². The van der Waals surface area contributed by atoms with Gasteiger partial charge in [-0.15, -0.1) is 0 Å². The summed E-state index contributed by atoms with van der Waals surface area (Å²) in [4.78, 5) is 0. The van der Waals surface area contributed by atoms with Crippen molar-refractivity contribution >= 4 is 7.12 Å². The van der Waals surface area contributed by atoms with Gasteiger partial charge in [0.05, 0.1) is 19.0 Å². The Morgan fingerprint density at radius 3 is 2.88 bits per heavy atom. The van der Waals surface area contributed by atoms with Gasteiger partial charge in [-0.1, -0.05) is 0 Å². The van der Waals surface area contributed by atoms with Crippen molar-refractivity contribution in [3.63, 3.8) is 0 Å². The van der Waals surface area contributed by atoms with E-state index in [1.165, 1.54) is 0 Å². The fourth-order valence-corrected chi connectivity index (χ4v) is 3.27. The van der Waals surface area contributed by atoms with E-state index in [9.17, 15) is 5.02 Å². The number of aromatic nitrogens is 2. The Kier molecular flexibility index (Phi) is 4.24. The van der Waals surface area contributed by atoms with E-state index in [2.05, 4.69) is 10.2 Å². The zero-order chi connectivity index (χ0) is 18.3. The van der Waals surface area contributed by atoms with Gasteiger partial charge in [0.1, 0.15) is 12.2 Å². The molecule has 0 saturated carbocycles. The molecule has 3 heterocycles. The zero-order valence-electron chi connectivity index (χ0n) is 15.1. The summed E-state index contributed by atoms with van der Waals surface area (Å²) in [6.07, 6.45) is 2.27. The summed E-state index contributed by atoms with van der Waals surface area (Å²) < 4.78 is 22.8. The average Bonchev–Trinajstić information content (AvgIpc) is 3.06. The number of ether oxygens (including phenoxy) is 3. The van der Waals surface area contributed by atoms with Gasteiger partial charge >= 0.3 is 7.12 Å². The van der Waals surface area contributed by atoms with E-state index in [-0.39, 0.29) is 5.92 Å². The Labute approximate surface area is 152 Å². The molecule has 26 heavy (non-hydrogen) atoms. The van der Waals surface area contributed by atoms with Gasteiger partial charge in [-0.25, -0.2) is 0 Å². The van der Waals surface area contributed by atoms with E-state index >= 15 is 0 Å². The van der Waals surface area contributed by atoms with Crippen LogP contribution in [0.3, 0.4) is 0 Å². The third-order valence-corrected chi connectivity index (χ3v) is 4.64. The minimum Gasteiger partial charge on any atom is -0.493 e. The normalized spacial score (nSPS) is 20.9. The molecule has 1 N–H and O–H groups in total. The lowest BCUT2D eigenvalue weighted by molar-refractivity contribution is 0.0190. The summed E-state index contributed by atoms with van der Waals surface area (Å²) in [7, 11) is 0.885. The van der Waals surface area contributed by atoms with E-state index in [1.54, 1.807) is 13.3 Å². The maximum absolute atomic E-state index is 9.60. The molecule has 7 nitrogen and oxygen atoms in total. The lowest BCUT2D eigenvalue weighted by Gasteiger charge is -2.34. The van der Waals surface area contributed by atoms with E-state index in [1.807, 2.05) is 32.0 Å². The van der Waals surface area contributed by atoms with E-state index in [0.29, 0.717) is 42.5 Å². The smallest absolute Gasteiger partial charge is 0.454 e. The molecule has 0 bridgehead atoms. The molecule has 0 amide bonds. The molecule has 136 valence electrons. The van der Waals surface area contributed by atoms with Gasteiger partial charge in [-0.3, -0.25) is 0 Å². The van der Waals surface area contributed by atoms with Crippen LogP contribution in [0.2, 0.25) is 6.32 Å². The predicted octanol–water partition coefficient (Wildman–Crippen LogP) is 2.30. The number of hydrogen-bond acceptors (Lipinski definition) is 7. The third-order valence-electron chi connectivity index (χ3n) is 4.64. The van der Waals surface area contributed by atoms with Crippen LogP contribution in [0.4, 0.5) is 0 Å². The summed E-state index contributed by atoms with van der Waals surface area (Å²) >= 11 is 0. The number of nitrogens with zero attached hydrogens (tertiary/aromatic N) is 2. The monoisotopic (exact) mass is 356 g/mol. The molecule has 2 aliphatic heterocycles. The highest BCUT2D eigenvalue weighted by molar-refractivity contribution is 6.43. The van der Waals surface area contributed by atoms with Crippen LogP contribution in [0, 0.1) is 0 Å². The second kappa shape index (κ2) is 6.44. The summed E-state index contributed by atoms with van der Waals surface area (Å²) in [5, 5.41) is 18.0. The highest BCUT2D eigenvalue weighted by Gasteiger charge is 2.34. The van der Waals surface area contributed by atoms with Gasteiger partial charge in [0.15, 0.2) is 11.5 Å². The molecule has 1 atom stereocenters. The van der Waals surface area contributed by atoms with Crippen LogP contribution in [-0.2, 0) is 4.65 Å². The highest BCUT2D eigenvalue weighted by Crippen LogP contribution is 2.48. The quantitative estimate of drug-likeness (QED) is 0.845. The summed E-state index contributed by atoms with van der Waals surface area (Å²) in [6, 6.07) is 5.70. The molecule has 1 fully saturated rings. The Bertz CT molecular complexity index is 829. The molecule has 1 unspecified atom stereocenters. The van der Waals surface area contributed by atoms with Crippen LogP contribution in [0.15, 0.2) is 24.4 Å². The van der Waals surface area contributed by atoms with Crippen LogP contribution >= 0.6 is 0 Å². The fraction of sp³-hybridized carbons (Fsp3) is 0.444. The molecular weight excluding hydrogens is 335 g/mol. The minimum atomic E-state index is -0.718. The van der Waals surface area contributed by atoms with Crippen LogP contribution in [0.5, 0.6) is 17.2 Å². The second-order valence-electron chi connectivity index (χ2n) is 7.22. The maximum Gasteiger partial charge on any atom is 0.454 e. The molecule has 0 aliphatic carbocycles. The first kappa shape index (κ1) is 17.1. The predicted molar refractivity (Wildman–Crippen MR) is 95.7 cm³/mol. The van der Waals surface area contributed by atoms with Gasteiger partial charge in [0.2, 0.25) is 5.75 Å².